The van der Waals surface area contributed by atoms with Crippen molar-refractivity contribution in [1.82, 2.24) is 9.55 Å². The van der Waals surface area contributed by atoms with E-state index in [0.29, 0.717) is 35.3 Å². The maximum atomic E-state index is 12.1. The molecule has 0 bridgehead atoms. The first-order valence-electron chi connectivity index (χ1n) is 11.5. The van der Waals surface area contributed by atoms with Crippen LogP contribution in [0.1, 0.15) is 26.2 Å². The number of fused-ring (bicyclic) bond motifs is 1. The molecule has 1 aliphatic carbocycles. The predicted molar refractivity (Wildman–Crippen MR) is 137 cm³/mol. The van der Waals surface area contributed by atoms with Gasteiger partial charge in [-0.1, -0.05) is 25.1 Å². The summed E-state index contributed by atoms with van der Waals surface area (Å²) in [4.78, 5) is 4.25. The van der Waals surface area contributed by atoms with Gasteiger partial charge in [0.15, 0.2) is 0 Å². The van der Waals surface area contributed by atoms with Gasteiger partial charge in [0.1, 0.15) is 5.75 Å². The molecule has 2 aromatic heterocycles. The fraction of sp³-hybridized carbons (Fsp3) is 0.269. The number of hydrogen-bond donors (Lipinski definition) is 2. The Balaban J connectivity index is 1.53. The summed E-state index contributed by atoms with van der Waals surface area (Å²) in [6.07, 6.45) is 4.69. The zero-order valence-electron chi connectivity index (χ0n) is 19.1. The van der Waals surface area contributed by atoms with E-state index in [0.717, 1.165) is 28.7 Å². The Kier molecular flexibility index (Phi) is 5.91. The molecule has 1 fully saturated rings. The van der Waals surface area contributed by atoms with Crippen LogP contribution in [-0.2, 0) is 16.6 Å². The topological polar surface area (TPSA) is 99.2 Å². The number of nitrogen functional groups attached to an aromatic ring is 1. The van der Waals surface area contributed by atoms with Gasteiger partial charge in [-0.3, -0.25) is 4.72 Å². The summed E-state index contributed by atoms with van der Waals surface area (Å²) in [7, 11) is -3.34. The lowest BCUT2D eigenvalue weighted by Crippen LogP contribution is -2.15. The minimum atomic E-state index is -3.34. The Morgan fingerprint density at radius 3 is 2.59 bits per heavy atom. The summed E-state index contributed by atoms with van der Waals surface area (Å²) in [5.74, 6) is 1.97. The fourth-order valence-corrected chi connectivity index (χ4v) is 5.34. The lowest BCUT2D eigenvalue weighted by molar-refractivity contribution is 0.463. The van der Waals surface area contributed by atoms with E-state index in [1.807, 2.05) is 55.5 Å². The molecule has 1 saturated carbocycles. The first-order chi connectivity index (χ1) is 16.4. The summed E-state index contributed by atoms with van der Waals surface area (Å²) in [6.45, 7) is 2.72. The van der Waals surface area contributed by atoms with E-state index in [4.69, 9.17) is 10.5 Å². The summed E-state index contributed by atoms with van der Waals surface area (Å²) in [6, 6.07) is 18.9. The molecular formula is C26H28N4O3S. The normalized spacial score (nSPS) is 13.8. The van der Waals surface area contributed by atoms with Gasteiger partial charge in [-0.2, -0.15) is 0 Å². The van der Waals surface area contributed by atoms with Crippen LogP contribution in [0.25, 0.3) is 22.2 Å². The minimum absolute atomic E-state index is 0.0975. The number of rotatable bonds is 9. The molecule has 5 rings (SSSR count). The van der Waals surface area contributed by atoms with Gasteiger partial charge in [-0.25, -0.2) is 13.4 Å². The lowest BCUT2D eigenvalue weighted by Gasteiger charge is -2.13. The number of anilines is 2. The summed E-state index contributed by atoms with van der Waals surface area (Å²) >= 11 is 0. The van der Waals surface area contributed by atoms with E-state index in [-0.39, 0.29) is 5.75 Å². The molecule has 176 valence electrons. The Morgan fingerprint density at radius 2 is 1.91 bits per heavy atom. The quantitative estimate of drug-likeness (QED) is 0.326. The number of benzene rings is 2. The van der Waals surface area contributed by atoms with Crippen LogP contribution < -0.4 is 15.2 Å². The average molecular weight is 477 g/mol. The van der Waals surface area contributed by atoms with Crippen molar-refractivity contribution in [3.8, 4) is 22.9 Å². The van der Waals surface area contributed by atoms with Crippen molar-refractivity contribution in [2.75, 3.05) is 16.2 Å². The van der Waals surface area contributed by atoms with E-state index in [9.17, 15) is 8.42 Å². The van der Waals surface area contributed by atoms with Crippen molar-refractivity contribution in [2.24, 2.45) is 5.92 Å². The van der Waals surface area contributed by atoms with Crippen LogP contribution in [0, 0.1) is 5.92 Å². The monoisotopic (exact) mass is 476 g/mol. The highest BCUT2D eigenvalue weighted by Gasteiger charge is 2.26. The van der Waals surface area contributed by atoms with Crippen molar-refractivity contribution in [3.05, 3.63) is 66.9 Å². The van der Waals surface area contributed by atoms with Crippen LogP contribution in [-0.4, -0.2) is 23.7 Å². The van der Waals surface area contributed by atoms with Crippen LogP contribution in [0.5, 0.6) is 11.6 Å². The van der Waals surface area contributed by atoms with Gasteiger partial charge in [0, 0.05) is 41.5 Å². The summed E-state index contributed by atoms with van der Waals surface area (Å²) in [5, 5.41) is 0.969. The van der Waals surface area contributed by atoms with Crippen molar-refractivity contribution in [2.45, 2.75) is 32.7 Å². The molecule has 0 amide bonds. The third kappa shape index (κ3) is 4.72. The van der Waals surface area contributed by atoms with E-state index in [1.165, 1.54) is 12.8 Å². The molecule has 0 unspecified atom stereocenters. The van der Waals surface area contributed by atoms with Crippen LogP contribution >= 0.6 is 0 Å². The predicted octanol–water partition coefficient (Wildman–Crippen LogP) is 5.64. The number of nitrogens with two attached hydrogens (primary N) is 1. The standard InChI is InChI=1S/C26H28N4O3S/c1-2-15-34(31,32)29-20-10-8-19(9-11-20)26-25(27)22-13-12-21(33-24-5-3-4-14-28-24)16-23(22)30(26)17-18-6-7-18/h3-5,8-14,16,18,29H,2,6-7,15,17,27H2,1H3. The van der Waals surface area contributed by atoms with Gasteiger partial charge in [0.25, 0.3) is 0 Å². The van der Waals surface area contributed by atoms with Crippen LogP contribution in [0.3, 0.4) is 0 Å². The number of nitrogens with one attached hydrogen (secondary N) is 1. The SMILES string of the molecule is CCCS(=O)(=O)Nc1ccc(-c2c(N)c3ccc(Oc4ccccn4)cc3n2CC2CC2)cc1. The molecule has 2 heterocycles. The van der Waals surface area contributed by atoms with Crippen molar-refractivity contribution in [1.29, 1.82) is 0 Å². The number of pyridine rings is 1. The van der Waals surface area contributed by atoms with Crippen LogP contribution in [0.2, 0.25) is 0 Å². The third-order valence-electron chi connectivity index (χ3n) is 5.98. The zero-order chi connectivity index (χ0) is 23.7. The van der Waals surface area contributed by atoms with Gasteiger partial charge in [0.2, 0.25) is 15.9 Å². The number of sulfonamides is 1. The smallest absolute Gasteiger partial charge is 0.232 e. The second-order valence-electron chi connectivity index (χ2n) is 8.76. The fourth-order valence-electron chi connectivity index (χ4n) is 4.20. The molecule has 8 heteroatoms. The van der Waals surface area contributed by atoms with E-state index in [1.54, 1.807) is 18.3 Å². The maximum Gasteiger partial charge on any atom is 0.232 e. The molecule has 0 saturated heterocycles. The number of hydrogen-bond acceptors (Lipinski definition) is 5. The molecule has 0 radical (unpaired) electrons. The Morgan fingerprint density at radius 1 is 1.12 bits per heavy atom. The zero-order valence-corrected chi connectivity index (χ0v) is 19.9. The van der Waals surface area contributed by atoms with Gasteiger partial charge in [0.05, 0.1) is 22.7 Å². The van der Waals surface area contributed by atoms with E-state index < -0.39 is 10.0 Å². The lowest BCUT2D eigenvalue weighted by atomic mass is 10.1. The van der Waals surface area contributed by atoms with Crippen molar-refractivity contribution < 1.29 is 13.2 Å². The molecule has 3 N–H and O–H groups in total. The summed E-state index contributed by atoms with van der Waals surface area (Å²) in [5.41, 5.74) is 10.8. The second-order valence-corrected chi connectivity index (χ2v) is 10.6. The molecule has 0 aliphatic heterocycles. The number of ether oxygens (including phenoxy) is 1. The second kappa shape index (κ2) is 9.02. The van der Waals surface area contributed by atoms with Crippen molar-refractivity contribution >= 4 is 32.3 Å². The van der Waals surface area contributed by atoms with Gasteiger partial charge >= 0.3 is 0 Å². The highest BCUT2D eigenvalue weighted by molar-refractivity contribution is 7.92. The highest BCUT2D eigenvalue weighted by atomic mass is 32.2. The van der Waals surface area contributed by atoms with E-state index in [2.05, 4.69) is 14.3 Å². The Labute approximate surface area is 199 Å². The summed E-state index contributed by atoms with van der Waals surface area (Å²) < 4.78 is 35.1. The molecule has 0 atom stereocenters. The largest absolute Gasteiger partial charge is 0.439 e. The average Bonchev–Trinajstić information content (AvgIpc) is 3.59. The van der Waals surface area contributed by atoms with Crippen LogP contribution in [0.15, 0.2) is 66.9 Å². The minimum Gasteiger partial charge on any atom is -0.439 e. The van der Waals surface area contributed by atoms with E-state index >= 15 is 0 Å². The first-order valence-corrected chi connectivity index (χ1v) is 13.2. The Hall–Kier alpha value is -3.52. The molecule has 7 nitrogen and oxygen atoms in total. The molecule has 4 aromatic rings. The number of nitrogens with zero attached hydrogens (tertiary/aromatic N) is 2. The van der Waals surface area contributed by atoms with Crippen molar-refractivity contribution in [3.63, 3.8) is 0 Å². The highest BCUT2D eigenvalue weighted by Crippen LogP contribution is 2.41. The number of aromatic nitrogens is 2. The Bertz CT molecular complexity index is 1410. The third-order valence-corrected chi connectivity index (χ3v) is 7.47. The first kappa shape index (κ1) is 22.3. The molecule has 0 spiro atoms. The molecule has 2 aromatic carbocycles. The van der Waals surface area contributed by atoms with Gasteiger partial charge in [-0.15, -0.1) is 0 Å². The molecule has 34 heavy (non-hydrogen) atoms. The maximum absolute atomic E-state index is 12.1. The van der Waals surface area contributed by atoms with Crippen LogP contribution in [0.4, 0.5) is 11.4 Å². The molecular weight excluding hydrogens is 448 g/mol. The van der Waals surface area contributed by atoms with Gasteiger partial charge < -0.3 is 15.0 Å². The molecule has 1 aliphatic rings. The van der Waals surface area contributed by atoms with Gasteiger partial charge in [-0.05, 0) is 55.5 Å².